The molecule has 17 heteroatoms. The molecule has 0 unspecified atom stereocenters. The van der Waals surface area contributed by atoms with Crippen molar-refractivity contribution in [3.63, 3.8) is 0 Å². The molecule has 0 aliphatic rings. The van der Waals surface area contributed by atoms with Gasteiger partial charge in [0, 0.05) is 13.1 Å². The van der Waals surface area contributed by atoms with Gasteiger partial charge in [0.15, 0.2) is 11.4 Å². The first-order valence-electron chi connectivity index (χ1n) is 9.56. The summed E-state index contributed by atoms with van der Waals surface area (Å²) in [6.45, 7) is 0.505. The number of alkyl halides is 3. The molecule has 1 amide bonds. The summed E-state index contributed by atoms with van der Waals surface area (Å²) in [4.78, 5) is 45.1. The second kappa shape index (κ2) is 12.5. The van der Waals surface area contributed by atoms with Crippen molar-refractivity contribution in [2.45, 2.75) is 23.2 Å². The number of Topliss-reactive ketones (excluding diaryl/α,β-unsaturated/α-hetero) is 1. The lowest BCUT2D eigenvalue weighted by Crippen LogP contribution is -2.62. The van der Waals surface area contributed by atoms with Crippen molar-refractivity contribution < 1.29 is 51.0 Å². The highest BCUT2D eigenvalue weighted by Gasteiger charge is 2.41. The third-order valence-electron chi connectivity index (χ3n) is 3.97. The Balaban J connectivity index is 0.000000809. The average molecular weight is 555 g/mol. The average Bonchev–Trinajstić information content (AvgIpc) is 3.28. The fourth-order valence-electron chi connectivity index (χ4n) is 2.28. The first-order valence-corrected chi connectivity index (χ1v) is 11.9. The van der Waals surface area contributed by atoms with Crippen LogP contribution in [0.2, 0.25) is 0 Å². The molecule has 0 spiro atoms. The SMILES string of the molecule is NCCNC(=O)c1ccc(C(=O)C[C@](N)(NS(=O)(=O)c2ccccc2)C(=O)O)s1.O=C(O)C(F)(F)F. The van der Waals surface area contributed by atoms with E-state index in [1.165, 1.54) is 36.4 Å². The summed E-state index contributed by atoms with van der Waals surface area (Å²) in [6, 6.07) is 9.78. The van der Waals surface area contributed by atoms with Gasteiger partial charge in [-0.1, -0.05) is 18.2 Å². The number of thiophene rings is 1. The number of hydrogen-bond acceptors (Lipinski definition) is 9. The molecule has 12 nitrogen and oxygen atoms in total. The van der Waals surface area contributed by atoms with Crippen LogP contribution in [0.25, 0.3) is 0 Å². The molecule has 0 aliphatic heterocycles. The van der Waals surface area contributed by atoms with E-state index in [4.69, 9.17) is 21.4 Å². The highest BCUT2D eigenvalue weighted by molar-refractivity contribution is 7.89. The van der Waals surface area contributed by atoms with Crippen LogP contribution in [0.15, 0.2) is 47.4 Å². The number of sulfonamides is 1. The van der Waals surface area contributed by atoms with Crippen molar-refractivity contribution in [2.75, 3.05) is 13.1 Å². The van der Waals surface area contributed by atoms with Crippen molar-refractivity contribution in [2.24, 2.45) is 11.5 Å². The minimum absolute atomic E-state index is 0.0675. The van der Waals surface area contributed by atoms with Crippen LogP contribution in [0.5, 0.6) is 0 Å². The molecule has 198 valence electrons. The summed E-state index contributed by atoms with van der Waals surface area (Å²) in [6.07, 6.45) is -5.93. The first-order chi connectivity index (χ1) is 16.5. The zero-order valence-electron chi connectivity index (χ0n) is 18.1. The highest BCUT2D eigenvalue weighted by Crippen LogP contribution is 2.21. The minimum Gasteiger partial charge on any atom is -0.479 e. The van der Waals surface area contributed by atoms with E-state index in [2.05, 4.69) is 5.32 Å². The molecule has 1 aromatic heterocycles. The first kappa shape index (κ1) is 30.7. The van der Waals surface area contributed by atoms with Gasteiger partial charge in [0.1, 0.15) is 0 Å². The molecule has 2 rings (SSSR count). The van der Waals surface area contributed by atoms with Crippen molar-refractivity contribution in [3.05, 3.63) is 52.2 Å². The van der Waals surface area contributed by atoms with Crippen LogP contribution in [-0.2, 0) is 19.6 Å². The maximum absolute atomic E-state index is 12.5. The number of amides is 1. The normalized spacial score (nSPS) is 13.0. The van der Waals surface area contributed by atoms with E-state index in [1.54, 1.807) is 6.07 Å². The maximum Gasteiger partial charge on any atom is 0.490 e. The number of nitrogens with one attached hydrogen (secondary N) is 2. The van der Waals surface area contributed by atoms with E-state index in [0.717, 1.165) is 11.3 Å². The number of halogens is 3. The number of carboxylic acid groups (broad SMARTS) is 2. The zero-order valence-corrected chi connectivity index (χ0v) is 19.7. The Morgan fingerprint density at radius 1 is 0.944 bits per heavy atom. The topological polar surface area (TPSA) is 219 Å². The van der Waals surface area contributed by atoms with Crippen LogP contribution < -0.4 is 21.5 Å². The third kappa shape index (κ3) is 9.00. The summed E-state index contributed by atoms with van der Waals surface area (Å²) < 4.78 is 58.5. The fourth-order valence-corrected chi connectivity index (χ4v) is 4.41. The number of rotatable bonds is 10. The number of carboxylic acids is 2. The number of hydrogen-bond donors (Lipinski definition) is 6. The number of benzene rings is 1. The molecule has 0 saturated carbocycles. The quantitative estimate of drug-likeness (QED) is 0.175. The molecule has 1 aromatic carbocycles. The lowest BCUT2D eigenvalue weighted by Gasteiger charge is -2.25. The predicted octanol–water partition coefficient (Wildman–Crippen LogP) is 0.361. The van der Waals surface area contributed by atoms with Gasteiger partial charge in [-0.25, -0.2) is 18.0 Å². The lowest BCUT2D eigenvalue weighted by molar-refractivity contribution is -0.192. The van der Waals surface area contributed by atoms with Gasteiger partial charge in [0.2, 0.25) is 10.0 Å². The van der Waals surface area contributed by atoms with Crippen LogP contribution in [0.4, 0.5) is 13.2 Å². The van der Waals surface area contributed by atoms with Gasteiger partial charge >= 0.3 is 18.1 Å². The molecule has 0 radical (unpaired) electrons. The molecular formula is C19H21F3N4O8S2. The van der Waals surface area contributed by atoms with Crippen LogP contribution in [0.1, 0.15) is 25.8 Å². The van der Waals surface area contributed by atoms with Crippen LogP contribution in [0.3, 0.4) is 0 Å². The second-order valence-corrected chi connectivity index (χ2v) is 9.57. The van der Waals surface area contributed by atoms with Crippen molar-refractivity contribution >= 4 is 45.0 Å². The summed E-state index contributed by atoms with van der Waals surface area (Å²) in [5, 5.41) is 19.1. The van der Waals surface area contributed by atoms with Crippen LogP contribution in [-0.4, -0.2) is 67.2 Å². The minimum atomic E-state index is -5.08. The van der Waals surface area contributed by atoms with Gasteiger partial charge in [-0.2, -0.15) is 17.9 Å². The number of ketones is 1. The number of aliphatic carboxylic acids is 2. The number of carbonyl (C=O) groups is 4. The van der Waals surface area contributed by atoms with Crippen molar-refractivity contribution in [1.82, 2.24) is 10.0 Å². The van der Waals surface area contributed by atoms with E-state index in [-0.39, 0.29) is 27.7 Å². The lowest BCUT2D eigenvalue weighted by atomic mass is 10.0. The van der Waals surface area contributed by atoms with E-state index >= 15 is 0 Å². The van der Waals surface area contributed by atoms with Gasteiger partial charge in [-0.3, -0.25) is 9.59 Å². The molecule has 36 heavy (non-hydrogen) atoms. The summed E-state index contributed by atoms with van der Waals surface area (Å²) in [5.41, 5.74) is 8.47. The van der Waals surface area contributed by atoms with Gasteiger partial charge in [0.25, 0.3) is 5.91 Å². The summed E-state index contributed by atoms with van der Waals surface area (Å²) >= 11 is 0.838. The maximum atomic E-state index is 12.5. The smallest absolute Gasteiger partial charge is 0.479 e. The van der Waals surface area contributed by atoms with Crippen molar-refractivity contribution in [1.29, 1.82) is 0 Å². The standard InChI is InChI=1S/C17H20N4O6S2.C2HF3O2/c18-8-9-20-15(23)14-7-6-13(28-14)12(22)10-17(19,16(24)25)21-29(26,27)11-4-2-1-3-5-11;3-2(4,5)1(6)7/h1-7,21H,8-10,18-19H2,(H,20,23)(H,24,25);(H,6,7)/t17-;/m0./s1. The molecule has 0 aliphatic carbocycles. The second-order valence-electron chi connectivity index (χ2n) is 6.81. The Hall–Kier alpha value is -3.38. The van der Waals surface area contributed by atoms with Gasteiger partial charge in [-0.15, -0.1) is 11.3 Å². The van der Waals surface area contributed by atoms with Crippen LogP contribution in [0, 0.1) is 0 Å². The van der Waals surface area contributed by atoms with E-state index in [0.29, 0.717) is 0 Å². The predicted molar refractivity (Wildman–Crippen MR) is 120 cm³/mol. The summed E-state index contributed by atoms with van der Waals surface area (Å²) in [5.74, 6) is -5.63. The molecule has 2 aromatic rings. The molecule has 1 heterocycles. The van der Waals surface area contributed by atoms with E-state index < -0.39 is 51.9 Å². The third-order valence-corrected chi connectivity index (χ3v) is 6.62. The summed E-state index contributed by atoms with van der Waals surface area (Å²) in [7, 11) is -4.29. The highest BCUT2D eigenvalue weighted by atomic mass is 32.2. The Labute approximate surface area is 206 Å². The number of nitrogens with two attached hydrogens (primary N) is 2. The molecule has 8 N–H and O–H groups in total. The van der Waals surface area contributed by atoms with Gasteiger partial charge in [0.05, 0.1) is 21.1 Å². The molecule has 0 saturated heterocycles. The Morgan fingerprint density at radius 3 is 1.94 bits per heavy atom. The monoisotopic (exact) mass is 554 g/mol. The molecular weight excluding hydrogens is 533 g/mol. The Morgan fingerprint density at radius 2 is 1.47 bits per heavy atom. The van der Waals surface area contributed by atoms with Gasteiger partial charge < -0.3 is 27.0 Å². The van der Waals surface area contributed by atoms with E-state index in [1.807, 2.05) is 4.72 Å². The molecule has 0 bridgehead atoms. The van der Waals surface area contributed by atoms with Gasteiger partial charge in [-0.05, 0) is 24.3 Å². The Bertz CT molecular complexity index is 1200. The Kier molecular flexibility index (Phi) is 10.7. The van der Waals surface area contributed by atoms with Crippen molar-refractivity contribution in [3.8, 4) is 0 Å². The number of carbonyl (C=O) groups excluding carboxylic acids is 2. The molecule has 1 atom stereocenters. The van der Waals surface area contributed by atoms with E-state index in [9.17, 15) is 41.1 Å². The molecule has 0 fully saturated rings. The fraction of sp³-hybridized carbons (Fsp3) is 0.263. The zero-order chi connectivity index (χ0) is 27.7. The van der Waals surface area contributed by atoms with Crippen LogP contribution >= 0.6 is 11.3 Å². The largest absolute Gasteiger partial charge is 0.490 e.